The third-order valence-corrected chi connectivity index (χ3v) is 4.85. The van der Waals surface area contributed by atoms with Gasteiger partial charge in [0.25, 0.3) is 0 Å². The topological polar surface area (TPSA) is 54.0 Å². The number of rotatable bonds is 13. The van der Waals surface area contributed by atoms with Crippen molar-refractivity contribution in [2.24, 2.45) is 0 Å². The van der Waals surface area contributed by atoms with Crippen molar-refractivity contribution in [1.82, 2.24) is 0 Å². The molecule has 0 fully saturated rings. The van der Waals surface area contributed by atoms with Gasteiger partial charge in [-0.05, 0) is 50.3 Å². The molecule has 2 aromatic carbocycles. The Morgan fingerprint density at radius 2 is 1.74 bits per heavy atom. The zero-order valence-electron chi connectivity index (χ0n) is 19.1. The van der Waals surface area contributed by atoms with Crippen LogP contribution in [0, 0.1) is 0 Å². The lowest BCUT2D eigenvalue weighted by Gasteiger charge is -2.14. The van der Waals surface area contributed by atoms with Crippen LogP contribution in [0.5, 0.6) is 17.2 Å². The van der Waals surface area contributed by atoms with Crippen LogP contribution in [0.1, 0.15) is 56.2 Å². The highest BCUT2D eigenvalue weighted by Crippen LogP contribution is 2.37. The molecule has 2 rings (SSSR count). The largest absolute Gasteiger partial charge is 0.494 e. The SMILES string of the molecule is CCOc1cc(C=Cc2cccc(CCCCCC(=O)OC)c2)c(OC)c(OCC)c1. The molecule has 0 heterocycles. The molecule has 0 saturated heterocycles. The molecule has 0 N–H and O–H groups in total. The molecule has 5 heteroatoms. The highest BCUT2D eigenvalue weighted by Gasteiger charge is 2.12. The molecule has 0 aliphatic rings. The van der Waals surface area contributed by atoms with E-state index in [1.165, 1.54) is 12.7 Å². The lowest BCUT2D eigenvalue weighted by Crippen LogP contribution is -1.99. The van der Waals surface area contributed by atoms with Crippen LogP contribution in [0.3, 0.4) is 0 Å². The van der Waals surface area contributed by atoms with Gasteiger partial charge >= 0.3 is 5.97 Å². The molecule has 0 amide bonds. The zero-order valence-corrected chi connectivity index (χ0v) is 19.1. The van der Waals surface area contributed by atoms with Crippen LogP contribution in [-0.2, 0) is 16.0 Å². The molecule has 31 heavy (non-hydrogen) atoms. The molecule has 0 aromatic heterocycles. The molecule has 0 radical (unpaired) electrons. The van der Waals surface area contributed by atoms with E-state index in [0.29, 0.717) is 31.1 Å². The molecule has 0 aliphatic carbocycles. The van der Waals surface area contributed by atoms with Gasteiger partial charge in [-0.15, -0.1) is 0 Å². The number of ether oxygens (including phenoxy) is 4. The Bertz CT molecular complexity index is 857. The van der Waals surface area contributed by atoms with Gasteiger partial charge in [-0.1, -0.05) is 42.8 Å². The van der Waals surface area contributed by atoms with E-state index in [4.69, 9.17) is 14.2 Å². The van der Waals surface area contributed by atoms with Gasteiger partial charge in [-0.2, -0.15) is 0 Å². The molecule has 168 valence electrons. The second kappa shape index (κ2) is 13.4. The van der Waals surface area contributed by atoms with Crippen molar-refractivity contribution in [3.8, 4) is 17.2 Å². The van der Waals surface area contributed by atoms with Crippen molar-refractivity contribution in [1.29, 1.82) is 0 Å². The van der Waals surface area contributed by atoms with E-state index in [0.717, 1.165) is 42.6 Å². The van der Waals surface area contributed by atoms with Crippen molar-refractivity contribution >= 4 is 18.1 Å². The van der Waals surface area contributed by atoms with Crippen LogP contribution < -0.4 is 14.2 Å². The van der Waals surface area contributed by atoms with Crippen molar-refractivity contribution in [3.05, 3.63) is 53.1 Å². The number of methoxy groups -OCH3 is 2. The van der Waals surface area contributed by atoms with Gasteiger partial charge in [0.2, 0.25) is 0 Å². The third-order valence-electron chi connectivity index (χ3n) is 4.85. The summed E-state index contributed by atoms with van der Waals surface area (Å²) < 4.78 is 21.7. The number of carbonyl (C=O) groups is 1. The Labute approximate surface area is 186 Å². The number of unbranched alkanes of at least 4 members (excludes halogenated alkanes) is 2. The molecule has 0 spiro atoms. The highest BCUT2D eigenvalue weighted by atomic mass is 16.5. The van der Waals surface area contributed by atoms with Gasteiger partial charge in [0.1, 0.15) is 5.75 Å². The summed E-state index contributed by atoms with van der Waals surface area (Å²) in [5.41, 5.74) is 3.31. The van der Waals surface area contributed by atoms with Crippen LogP contribution in [0.25, 0.3) is 12.2 Å². The maximum Gasteiger partial charge on any atom is 0.305 e. The summed E-state index contributed by atoms with van der Waals surface area (Å²) in [7, 11) is 3.08. The van der Waals surface area contributed by atoms with Gasteiger partial charge in [0.15, 0.2) is 11.5 Å². The highest BCUT2D eigenvalue weighted by molar-refractivity contribution is 5.75. The van der Waals surface area contributed by atoms with E-state index in [-0.39, 0.29) is 5.97 Å². The second-order valence-corrected chi connectivity index (χ2v) is 7.13. The first-order valence-electron chi connectivity index (χ1n) is 10.9. The summed E-state index contributed by atoms with van der Waals surface area (Å²) in [4.78, 5) is 11.2. The minimum Gasteiger partial charge on any atom is -0.494 e. The molecule has 0 saturated carbocycles. The number of hydrogen-bond donors (Lipinski definition) is 0. The van der Waals surface area contributed by atoms with E-state index in [1.807, 2.05) is 32.1 Å². The summed E-state index contributed by atoms with van der Waals surface area (Å²) in [5, 5.41) is 0. The van der Waals surface area contributed by atoms with Crippen molar-refractivity contribution in [2.45, 2.75) is 46.0 Å². The van der Waals surface area contributed by atoms with Crippen LogP contribution in [0.2, 0.25) is 0 Å². The second-order valence-electron chi connectivity index (χ2n) is 7.13. The Balaban J connectivity index is 2.09. The van der Waals surface area contributed by atoms with Crippen molar-refractivity contribution < 1.29 is 23.7 Å². The van der Waals surface area contributed by atoms with Crippen molar-refractivity contribution in [3.63, 3.8) is 0 Å². The van der Waals surface area contributed by atoms with E-state index >= 15 is 0 Å². The van der Waals surface area contributed by atoms with E-state index in [2.05, 4.69) is 35.1 Å². The first-order chi connectivity index (χ1) is 15.1. The van der Waals surface area contributed by atoms with E-state index in [1.54, 1.807) is 7.11 Å². The molecule has 5 nitrogen and oxygen atoms in total. The summed E-state index contributed by atoms with van der Waals surface area (Å²) >= 11 is 0. The summed E-state index contributed by atoms with van der Waals surface area (Å²) in [6, 6.07) is 12.3. The minimum absolute atomic E-state index is 0.136. The van der Waals surface area contributed by atoms with Crippen LogP contribution in [0.15, 0.2) is 36.4 Å². The predicted octanol–water partition coefficient (Wildman–Crippen LogP) is 5.94. The minimum atomic E-state index is -0.136. The molecule has 0 aliphatic heterocycles. The third kappa shape index (κ3) is 8.00. The van der Waals surface area contributed by atoms with Gasteiger partial charge in [-0.25, -0.2) is 0 Å². The molecular weight excluding hydrogens is 392 g/mol. The Hall–Kier alpha value is -2.95. The van der Waals surface area contributed by atoms with Crippen LogP contribution in [-0.4, -0.2) is 33.4 Å². The summed E-state index contributed by atoms with van der Waals surface area (Å²) in [6.45, 7) is 5.05. The number of aryl methyl sites for hydroxylation is 1. The molecule has 0 atom stereocenters. The maximum atomic E-state index is 11.2. The van der Waals surface area contributed by atoms with Gasteiger partial charge < -0.3 is 18.9 Å². The van der Waals surface area contributed by atoms with Crippen LogP contribution >= 0.6 is 0 Å². The summed E-state index contributed by atoms with van der Waals surface area (Å²) in [6.07, 6.45) is 8.50. The Morgan fingerprint density at radius 1 is 0.935 bits per heavy atom. The van der Waals surface area contributed by atoms with Gasteiger partial charge in [0, 0.05) is 18.1 Å². The summed E-state index contributed by atoms with van der Waals surface area (Å²) in [5.74, 6) is 2.00. The Morgan fingerprint density at radius 3 is 2.45 bits per heavy atom. The fourth-order valence-corrected chi connectivity index (χ4v) is 3.37. The lowest BCUT2D eigenvalue weighted by molar-refractivity contribution is -0.140. The quantitative estimate of drug-likeness (QED) is 0.225. The van der Waals surface area contributed by atoms with Crippen molar-refractivity contribution in [2.75, 3.05) is 27.4 Å². The zero-order chi connectivity index (χ0) is 22.5. The number of carbonyl (C=O) groups excluding carboxylic acids is 1. The fourth-order valence-electron chi connectivity index (χ4n) is 3.37. The molecule has 0 bridgehead atoms. The molecular formula is C26H34O5. The Kier molecular flexibility index (Phi) is 10.5. The van der Waals surface area contributed by atoms with Gasteiger partial charge in [-0.3, -0.25) is 4.79 Å². The molecule has 0 unspecified atom stereocenters. The van der Waals surface area contributed by atoms with E-state index < -0.39 is 0 Å². The standard InChI is InChI=1S/C26H34O5/c1-5-30-23-18-22(26(29-4)24(19-23)31-6-2)16-15-21-13-10-12-20(17-21)11-8-7-9-14-25(27)28-3/h10,12-13,15-19H,5-9,11,14H2,1-4H3. The smallest absolute Gasteiger partial charge is 0.305 e. The number of esters is 1. The maximum absolute atomic E-state index is 11.2. The average molecular weight is 427 g/mol. The monoisotopic (exact) mass is 426 g/mol. The lowest BCUT2D eigenvalue weighted by atomic mass is 10.0. The van der Waals surface area contributed by atoms with Gasteiger partial charge in [0.05, 0.1) is 27.4 Å². The predicted molar refractivity (Wildman–Crippen MR) is 125 cm³/mol. The van der Waals surface area contributed by atoms with Crippen LogP contribution in [0.4, 0.5) is 0 Å². The first-order valence-corrected chi connectivity index (χ1v) is 10.9. The first kappa shape index (κ1) is 24.3. The van der Waals surface area contributed by atoms with E-state index in [9.17, 15) is 4.79 Å². The normalized spacial score (nSPS) is 10.8. The number of hydrogen-bond acceptors (Lipinski definition) is 5. The molecule has 2 aromatic rings. The fraction of sp³-hybridized carbons (Fsp3) is 0.423. The average Bonchev–Trinajstić information content (AvgIpc) is 2.78. The number of benzene rings is 2.